The van der Waals surface area contributed by atoms with E-state index in [1.807, 2.05) is 11.8 Å². The van der Waals surface area contributed by atoms with E-state index < -0.39 is 0 Å². The molecule has 19 heavy (non-hydrogen) atoms. The quantitative estimate of drug-likeness (QED) is 0.371. The number of likely N-dealkylation sites (N-methyl/N-ethyl adjacent to an activating group) is 1. The number of primary amides is 1. The number of amides is 2. The maximum atomic E-state index is 11.3. The third-order valence-electron chi connectivity index (χ3n) is 2.95. The minimum atomic E-state index is -0.380. The summed E-state index contributed by atoms with van der Waals surface area (Å²) in [5.74, 6) is -0.486. The minimum absolute atomic E-state index is 0.0419. The van der Waals surface area contributed by atoms with Crippen LogP contribution in [-0.2, 0) is 14.4 Å². The first-order valence-corrected chi connectivity index (χ1v) is 6.90. The van der Waals surface area contributed by atoms with Gasteiger partial charge in [-0.25, -0.2) is 0 Å². The molecule has 0 heterocycles. The number of nitrogens with one attached hydrogen (secondary N) is 1. The number of nitrogens with zero attached hydrogens (tertiary/aromatic N) is 1. The number of rotatable bonds is 10. The Balaban J connectivity index is 4.42. The zero-order chi connectivity index (χ0) is 14.8. The molecule has 0 saturated carbocycles. The molecule has 3 N–H and O–H groups in total. The fourth-order valence-corrected chi connectivity index (χ4v) is 2.05. The molecule has 0 aliphatic carbocycles. The molecular formula is C12H23N3O3S. The Hall–Kier alpha value is -1.08. The Morgan fingerprint density at radius 3 is 2.53 bits per heavy atom. The van der Waals surface area contributed by atoms with E-state index in [1.165, 1.54) is 0 Å². The van der Waals surface area contributed by atoms with Crippen molar-refractivity contribution in [3.63, 3.8) is 0 Å². The van der Waals surface area contributed by atoms with Crippen molar-refractivity contribution in [2.75, 3.05) is 25.9 Å². The lowest BCUT2D eigenvalue weighted by Crippen LogP contribution is -2.45. The summed E-state index contributed by atoms with van der Waals surface area (Å²) in [7, 11) is 1.79. The SMILES string of the molecule is CC[C@H](C(N)=O)N(C)CC(CC=O)CNC(=O)CS. The molecule has 0 bridgehead atoms. The fourth-order valence-electron chi connectivity index (χ4n) is 1.94. The molecule has 0 aromatic heterocycles. The van der Waals surface area contributed by atoms with Crippen LogP contribution in [0.4, 0.5) is 0 Å². The average molecular weight is 289 g/mol. The number of carbonyl (C=O) groups is 3. The second kappa shape index (κ2) is 9.80. The maximum absolute atomic E-state index is 11.3. The number of aldehydes is 1. The van der Waals surface area contributed by atoms with Crippen LogP contribution in [0.2, 0.25) is 0 Å². The summed E-state index contributed by atoms with van der Waals surface area (Å²) in [5.41, 5.74) is 5.31. The zero-order valence-electron chi connectivity index (χ0n) is 11.5. The molecule has 110 valence electrons. The summed E-state index contributed by atoms with van der Waals surface area (Å²) in [6, 6.07) is -0.352. The molecule has 0 aromatic rings. The normalized spacial score (nSPS) is 13.9. The fraction of sp³-hybridized carbons (Fsp3) is 0.750. The molecule has 0 aliphatic rings. The van der Waals surface area contributed by atoms with E-state index in [4.69, 9.17) is 5.73 Å². The highest BCUT2D eigenvalue weighted by molar-refractivity contribution is 7.81. The first-order valence-electron chi connectivity index (χ1n) is 6.26. The minimum Gasteiger partial charge on any atom is -0.368 e. The molecule has 2 atom stereocenters. The summed E-state index contributed by atoms with van der Waals surface area (Å²) in [6.07, 6.45) is 1.76. The van der Waals surface area contributed by atoms with Crippen molar-refractivity contribution in [1.82, 2.24) is 10.2 Å². The molecule has 6 nitrogen and oxygen atoms in total. The van der Waals surface area contributed by atoms with E-state index in [1.54, 1.807) is 7.05 Å². The van der Waals surface area contributed by atoms with E-state index in [9.17, 15) is 14.4 Å². The summed E-state index contributed by atoms with van der Waals surface area (Å²) in [4.78, 5) is 34.9. The van der Waals surface area contributed by atoms with Crippen LogP contribution >= 0.6 is 12.6 Å². The molecule has 7 heteroatoms. The van der Waals surface area contributed by atoms with Gasteiger partial charge in [0.25, 0.3) is 0 Å². The predicted octanol–water partition coefficient (Wildman–Crippen LogP) is -0.567. The first-order chi connectivity index (χ1) is 8.96. The van der Waals surface area contributed by atoms with Crippen molar-refractivity contribution in [3.8, 4) is 0 Å². The number of nitrogens with two attached hydrogens (primary N) is 1. The Morgan fingerprint density at radius 1 is 1.47 bits per heavy atom. The summed E-state index contributed by atoms with van der Waals surface area (Å²) in [5, 5.41) is 2.69. The van der Waals surface area contributed by atoms with E-state index in [-0.39, 0.29) is 29.5 Å². The lowest BCUT2D eigenvalue weighted by Gasteiger charge is -2.28. The van der Waals surface area contributed by atoms with E-state index in [0.717, 1.165) is 6.29 Å². The van der Waals surface area contributed by atoms with Crippen molar-refractivity contribution >= 4 is 30.7 Å². The van der Waals surface area contributed by atoms with Crippen LogP contribution in [0.25, 0.3) is 0 Å². The molecule has 0 saturated heterocycles. The monoisotopic (exact) mass is 289 g/mol. The molecule has 0 rings (SSSR count). The molecule has 2 amide bonds. The number of thiol groups is 1. The van der Waals surface area contributed by atoms with Crippen LogP contribution in [0.5, 0.6) is 0 Å². The highest BCUT2D eigenvalue weighted by Crippen LogP contribution is 2.08. The van der Waals surface area contributed by atoms with E-state index >= 15 is 0 Å². The molecule has 0 aromatic carbocycles. The van der Waals surface area contributed by atoms with Gasteiger partial charge in [-0.05, 0) is 19.4 Å². The van der Waals surface area contributed by atoms with Crippen LogP contribution in [0, 0.1) is 5.92 Å². The van der Waals surface area contributed by atoms with Gasteiger partial charge in [0.2, 0.25) is 11.8 Å². The van der Waals surface area contributed by atoms with Gasteiger partial charge in [-0.2, -0.15) is 12.6 Å². The Bertz CT molecular complexity index is 313. The molecule has 1 unspecified atom stereocenters. The van der Waals surface area contributed by atoms with Gasteiger partial charge < -0.3 is 15.8 Å². The number of hydrogen-bond donors (Lipinski definition) is 3. The smallest absolute Gasteiger partial charge is 0.234 e. The summed E-state index contributed by atoms with van der Waals surface area (Å²) in [6.45, 7) is 2.79. The maximum Gasteiger partial charge on any atom is 0.234 e. The van der Waals surface area contributed by atoms with Crippen LogP contribution < -0.4 is 11.1 Å². The van der Waals surface area contributed by atoms with Gasteiger partial charge >= 0.3 is 0 Å². The number of carbonyl (C=O) groups excluding carboxylic acids is 3. The Labute approximate surface area is 119 Å². The highest BCUT2D eigenvalue weighted by Gasteiger charge is 2.21. The van der Waals surface area contributed by atoms with Crippen LogP contribution in [0.1, 0.15) is 19.8 Å². The zero-order valence-corrected chi connectivity index (χ0v) is 12.4. The summed E-state index contributed by atoms with van der Waals surface area (Å²) < 4.78 is 0. The molecule has 0 aliphatic heterocycles. The molecule has 0 radical (unpaired) electrons. The second-order valence-corrected chi connectivity index (χ2v) is 4.81. The van der Waals surface area contributed by atoms with Gasteiger partial charge in [0.1, 0.15) is 6.29 Å². The third kappa shape index (κ3) is 7.17. The van der Waals surface area contributed by atoms with Crippen LogP contribution in [0.3, 0.4) is 0 Å². The average Bonchev–Trinajstić information content (AvgIpc) is 2.36. The topological polar surface area (TPSA) is 92.5 Å². The van der Waals surface area contributed by atoms with Crippen molar-refractivity contribution < 1.29 is 14.4 Å². The first kappa shape index (κ1) is 17.9. The number of hydrogen-bond acceptors (Lipinski definition) is 5. The van der Waals surface area contributed by atoms with Gasteiger partial charge in [-0.3, -0.25) is 14.5 Å². The third-order valence-corrected chi connectivity index (χ3v) is 3.24. The van der Waals surface area contributed by atoms with Crippen LogP contribution in [0.15, 0.2) is 0 Å². The molecular weight excluding hydrogens is 266 g/mol. The standard InChI is InChI=1S/C12H23N3O3S/c1-3-10(12(13)18)15(2)7-9(4-5-16)6-14-11(17)8-19/h5,9-10,19H,3-4,6-8H2,1-2H3,(H2,13,18)(H,14,17)/t9?,10-/m1/s1. The van der Waals surface area contributed by atoms with Gasteiger partial charge in [-0.1, -0.05) is 6.92 Å². The lowest BCUT2D eigenvalue weighted by molar-refractivity contribution is -0.123. The van der Waals surface area contributed by atoms with Gasteiger partial charge in [0, 0.05) is 19.5 Å². The lowest BCUT2D eigenvalue weighted by atomic mass is 10.0. The van der Waals surface area contributed by atoms with Crippen molar-refractivity contribution in [1.29, 1.82) is 0 Å². The van der Waals surface area contributed by atoms with Crippen LogP contribution in [-0.4, -0.2) is 54.9 Å². The molecule has 0 spiro atoms. The van der Waals surface area contributed by atoms with Gasteiger partial charge in [0.15, 0.2) is 0 Å². The van der Waals surface area contributed by atoms with E-state index in [0.29, 0.717) is 25.9 Å². The highest BCUT2D eigenvalue weighted by atomic mass is 32.1. The van der Waals surface area contributed by atoms with Crippen molar-refractivity contribution in [3.05, 3.63) is 0 Å². The Kier molecular flexibility index (Phi) is 9.24. The summed E-state index contributed by atoms with van der Waals surface area (Å²) >= 11 is 3.86. The second-order valence-electron chi connectivity index (χ2n) is 4.50. The van der Waals surface area contributed by atoms with Gasteiger partial charge in [-0.15, -0.1) is 0 Å². The van der Waals surface area contributed by atoms with Gasteiger partial charge in [0.05, 0.1) is 11.8 Å². The Morgan fingerprint density at radius 2 is 2.11 bits per heavy atom. The largest absolute Gasteiger partial charge is 0.368 e. The molecule has 0 fully saturated rings. The van der Waals surface area contributed by atoms with E-state index in [2.05, 4.69) is 17.9 Å². The van der Waals surface area contributed by atoms with Crippen molar-refractivity contribution in [2.45, 2.75) is 25.8 Å². The van der Waals surface area contributed by atoms with Crippen molar-refractivity contribution in [2.24, 2.45) is 11.7 Å². The predicted molar refractivity (Wildman–Crippen MR) is 76.9 cm³/mol.